The van der Waals surface area contributed by atoms with Crippen molar-refractivity contribution in [3.05, 3.63) is 78.1 Å². The third-order valence-corrected chi connectivity index (χ3v) is 3.70. The number of hydrogen-bond acceptors (Lipinski definition) is 4. The van der Waals surface area contributed by atoms with Crippen molar-refractivity contribution in [1.29, 1.82) is 0 Å². The van der Waals surface area contributed by atoms with Crippen molar-refractivity contribution in [2.75, 3.05) is 13.2 Å². The Morgan fingerprint density at radius 2 is 1.80 bits per heavy atom. The highest BCUT2D eigenvalue weighted by Crippen LogP contribution is 2.15. The normalized spacial score (nSPS) is 10.4. The highest BCUT2D eigenvalue weighted by molar-refractivity contribution is 5.72. The fraction of sp³-hybridized carbons (Fsp3) is 0.200. The number of aryl methyl sites for hydroxylation is 1. The van der Waals surface area contributed by atoms with Gasteiger partial charge in [0.1, 0.15) is 19.0 Å². The summed E-state index contributed by atoms with van der Waals surface area (Å²) in [5.41, 5.74) is 2.82. The number of ether oxygens (including phenoxy) is 2. The Hall–Kier alpha value is -3.08. The predicted octanol–water partition coefficient (Wildman–Crippen LogP) is 3.35. The largest absolute Gasteiger partial charge is 0.490 e. The van der Waals surface area contributed by atoms with Crippen molar-refractivity contribution in [3.8, 4) is 11.4 Å². The van der Waals surface area contributed by atoms with Crippen LogP contribution in [0.5, 0.6) is 5.75 Å². The molecule has 128 valence electrons. The monoisotopic (exact) mass is 336 g/mol. The first-order valence-electron chi connectivity index (χ1n) is 8.15. The quantitative estimate of drug-likeness (QED) is 0.490. The van der Waals surface area contributed by atoms with Crippen molar-refractivity contribution in [2.24, 2.45) is 0 Å². The minimum atomic E-state index is -0.291. The third kappa shape index (κ3) is 4.70. The van der Waals surface area contributed by atoms with E-state index in [1.54, 1.807) is 10.9 Å². The summed E-state index contributed by atoms with van der Waals surface area (Å²) in [5.74, 6) is 0.517. The van der Waals surface area contributed by atoms with Crippen LogP contribution in [0.25, 0.3) is 5.69 Å². The van der Waals surface area contributed by atoms with Gasteiger partial charge in [-0.2, -0.15) is 5.10 Å². The summed E-state index contributed by atoms with van der Waals surface area (Å²) in [6.45, 7) is 2.53. The lowest BCUT2D eigenvalue weighted by atomic mass is 10.2. The van der Waals surface area contributed by atoms with Gasteiger partial charge in [0.2, 0.25) is 0 Å². The van der Waals surface area contributed by atoms with Crippen molar-refractivity contribution in [2.45, 2.75) is 13.3 Å². The maximum atomic E-state index is 11.9. The molecule has 0 fully saturated rings. The van der Waals surface area contributed by atoms with Crippen LogP contribution < -0.4 is 4.74 Å². The molecule has 3 rings (SSSR count). The minimum Gasteiger partial charge on any atom is -0.490 e. The molecule has 0 aliphatic carbocycles. The molecule has 0 unspecified atom stereocenters. The van der Waals surface area contributed by atoms with Gasteiger partial charge in [0.05, 0.1) is 18.3 Å². The molecule has 5 heteroatoms. The Kier molecular flexibility index (Phi) is 5.46. The summed E-state index contributed by atoms with van der Waals surface area (Å²) in [6.07, 6.45) is 3.70. The number of esters is 1. The van der Waals surface area contributed by atoms with E-state index in [1.807, 2.05) is 67.7 Å². The molecule has 1 aromatic heterocycles. The van der Waals surface area contributed by atoms with Crippen LogP contribution >= 0.6 is 0 Å². The molecule has 0 aliphatic rings. The van der Waals surface area contributed by atoms with Crippen molar-refractivity contribution in [1.82, 2.24) is 9.78 Å². The van der Waals surface area contributed by atoms with Gasteiger partial charge in [-0.25, -0.2) is 4.68 Å². The molecular formula is C20H20N2O3. The van der Waals surface area contributed by atoms with Gasteiger partial charge < -0.3 is 9.47 Å². The smallest absolute Gasteiger partial charge is 0.310 e. The van der Waals surface area contributed by atoms with Crippen molar-refractivity contribution < 1.29 is 14.3 Å². The molecular weight excluding hydrogens is 316 g/mol. The van der Waals surface area contributed by atoms with Crippen LogP contribution in [0.1, 0.15) is 11.1 Å². The average Bonchev–Trinajstić information content (AvgIpc) is 3.09. The topological polar surface area (TPSA) is 53.4 Å². The van der Waals surface area contributed by atoms with E-state index < -0.39 is 0 Å². The lowest BCUT2D eigenvalue weighted by Crippen LogP contribution is -2.14. The van der Waals surface area contributed by atoms with E-state index in [0.29, 0.717) is 6.61 Å². The Bertz CT molecular complexity index is 828. The van der Waals surface area contributed by atoms with Gasteiger partial charge in [0.25, 0.3) is 0 Å². The number of aromatic nitrogens is 2. The number of benzene rings is 2. The van der Waals surface area contributed by atoms with Crippen LogP contribution in [0.4, 0.5) is 0 Å². The van der Waals surface area contributed by atoms with E-state index >= 15 is 0 Å². The van der Waals surface area contributed by atoms with Crippen LogP contribution in [0, 0.1) is 6.92 Å². The molecule has 0 saturated carbocycles. The van der Waals surface area contributed by atoms with E-state index in [0.717, 1.165) is 22.6 Å². The second-order valence-electron chi connectivity index (χ2n) is 5.64. The summed E-state index contributed by atoms with van der Waals surface area (Å²) in [5, 5.41) is 4.27. The molecule has 0 spiro atoms. The summed E-state index contributed by atoms with van der Waals surface area (Å²) in [6, 6.07) is 17.5. The first-order valence-corrected chi connectivity index (χ1v) is 8.15. The Morgan fingerprint density at radius 3 is 2.60 bits per heavy atom. The molecule has 1 heterocycles. The number of hydrogen-bond donors (Lipinski definition) is 0. The minimum absolute atomic E-state index is 0.192. The van der Waals surface area contributed by atoms with Crippen LogP contribution in [0.2, 0.25) is 0 Å². The Balaban J connectivity index is 1.44. The zero-order chi connectivity index (χ0) is 17.5. The van der Waals surface area contributed by atoms with E-state index in [9.17, 15) is 4.79 Å². The standard InChI is InChI=1S/C20H20N2O3/c1-16-7-5-6-10-19(16)24-11-12-25-20(23)13-17-14-21-22(15-17)18-8-3-2-4-9-18/h2-10,14-15H,11-13H2,1H3. The second kappa shape index (κ2) is 8.15. The number of carbonyl (C=O) groups is 1. The van der Waals surface area contributed by atoms with Crippen molar-refractivity contribution >= 4 is 5.97 Å². The first kappa shape index (κ1) is 16.8. The van der Waals surface area contributed by atoms with Crippen LogP contribution in [-0.4, -0.2) is 29.0 Å². The molecule has 0 radical (unpaired) electrons. The van der Waals surface area contributed by atoms with Gasteiger partial charge in [0.15, 0.2) is 0 Å². The maximum Gasteiger partial charge on any atom is 0.310 e. The Morgan fingerprint density at radius 1 is 1.04 bits per heavy atom. The zero-order valence-electron chi connectivity index (χ0n) is 14.1. The maximum absolute atomic E-state index is 11.9. The average molecular weight is 336 g/mol. The van der Waals surface area contributed by atoms with Crippen LogP contribution in [0.15, 0.2) is 67.0 Å². The molecule has 0 bridgehead atoms. The van der Waals surface area contributed by atoms with E-state index in [2.05, 4.69) is 5.10 Å². The number of carbonyl (C=O) groups excluding carboxylic acids is 1. The van der Waals surface area contributed by atoms with E-state index in [-0.39, 0.29) is 19.0 Å². The summed E-state index contributed by atoms with van der Waals surface area (Å²) in [7, 11) is 0. The molecule has 3 aromatic rings. The summed E-state index contributed by atoms with van der Waals surface area (Å²) in [4.78, 5) is 11.9. The summed E-state index contributed by atoms with van der Waals surface area (Å²) < 4.78 is 12.6. The van der Waals surface area contributed by atoms with Gasteiger partial charge in [-0.05, 0) is 30.7 Å². The fourth-order valence-electron chi connectivity index (χ4n) is 2.42. The third-order valence-electron chi connectivity index (χ3n) is 3.70. The molecule has 25 heavy (non-hydrogen) atoms. The molecule has 0 aliphatic heterocycles. The molecule has 2 aromatic carbocycles. The zero-order valence-corrected chi connectivity index (χ0v) is 14.1. The SMILES string of the molecule is Cc1ccccc1OCCOC(=O)Cc1cnn(-c2ccccc2)c1. The van der Waals surface area contributed by atoms with E-state index in [1.165, 1.54) is 0 Å². The second-order valence-corrected chi connectivity index (χ2v) is 5.64. The van der Waals surface area contributed by atoms with Crippen LogP contribution in [0.3, 0.4) is 0 Å². The number of nitrogens with zero attached hydrogens (tertiary/aromatic N) is 2. The van der Waals surface area contributed by atoms with Gasteiger partial charge in [-0.3, -0.25) is 4.79 Å². The lowest BCUT2D eigenvalue weighted by molar-refractivity contribution is -0.143. The van der Waals surface area contributed by atoms with Gasteiger partial charge in [-0.15, -0.1) is 0 Å². The molecule has 0 atom stereocenters. The molecule has 5 nitrogen and oxygen atoms in total. The Labute approximate surface area is 146 Å². The molecule has 0 N–H and O–H groups in total. The molecule has 0 amide bonds. The summed E-state index contributed by atoms with van der Waals surface area (Å²) >= 11 is 0. The number of rotatable bonds is 7. The highest BCUT2D eigenvalue weighted by atomic mass is 16.6. The number of para-hydroxylation sites is 2. The predicted molar refractivity (Wildman–Crippen MR) is 94.9 cm³/mol. The van der Waals surface area contributed by atoms with Crippen molar-refractivity contribution in [3.63, 3.8) is 0 Å². The lowest BCUT2D eigenvalue weighted by Gasteiger charge is -2.09. The van der Waals surface area contributed by atoms with Gasteiger partial charge >= 0.3 is 5.97 Å². The van der Waals surface area contributed by atoms with E-state index in [4.69, 9.17) is 9.47 Å². The highest BCUT2D eigenvalue weighted by Gasteiger charge is 2.08. The van der Waals surface area contributed by atoms with Gasteiger partial charge in [-0.1, -0.05) is 36.4 Å². The molecule has 0 saturated heterocycles. The first-order chi connectivity index (χ1) is 12.2. The van der Waals surface area contributed by atoms with Crippen LogP contribution in [-0.2, 0) is 16.0 Å². The van der Waals surface area contributed by atoms with Gasteiger partial charge in [0, 0.05) is 11.8 Å². The fourth-order valence-corrected chi connectivity index (χ4v) is 2.42.